The molecule has 5 heteroatoms. The van der Waals surface area contributed by atoms with Gasteiger partial charge in [0, 0.05) is 14.2 Å². The summed E-state index contributed by atoms with van der Waals surface area (Å²) in [5.41, 5.74) is 0. The minimum Gasteiger partial charge on any atom is -0.354 e. The third-order valence-corrected chi connectivity index (χ3v) is 3.82. The predicted octanol–water partition coefficient (Wildman–Crippen LogP) is 0.636. The van der Waals surface area contributed by atoms with E-state index in [9.17, 15) is 9.59 Å². The van der Waals surface area contributed by atoms with Crippen molar-refractivity contribution in [1.29, 1.82) is 0 Å². The van der Waals surface area contributed by atoms with Crippen LogP contribution in [0.4, 0.5) is 0 Å². The summed E-state index contributed by atoms with van der Waals surface area (Å²) in [6.45, 7) is 2.29. The molecule has 1 aliphatic heterocycles. The van der Waals surface area contributed by atoms with E-state index in [1.54, 1.807) is 0 Å². The van der Waals surface area contributed by atoms with Gasteiger partial charge in [0.1, 0.15) is 0 Å². The molecule has 0 aromatic carbocycles. The number of amides is 2. The van der Waals surface area contributed by atoms with Gasteiger partial charge in [-0.05, 0) is 18.8 Å². The summed E-state index contributed by atoms with van der Waals surface area (Å²) in [6.07, 6.45) is 1.13. The maximum absolute atomic E-state index is 12.1. The number of fused-ring (bicyclic) bond motifs is 1. The fourth-order valence-corrected chi connectivity index (χ4v) is 2.92. The first-order chi connectivity index (χ1) is 8.08. The largest absolute Gasteiger partial charge is 0.354 e. The highest BCUT2D eigenvalue weighted by atomic mass is 16.7. The fourth-order valence-electron chi connectivity index (χ4n) is 2.92. The van der Waals surface area contributed by atoms with E-state index in [-0.39, 0.29) is 30.2 Å². The molecule has 0 N–H and O–H groups in total. The van der Waals surface area contributed by atoms with Crippen LogP contribution >= 0.6 is 0 Å². The Hall–Kier alpha value is -0.940. The molecule has 1 saturated heterocycles. The van der Waals surface area contributed by atoms with Gasteiger partial charge >= 0.3 is 0 Å². The fraction of sp³-hybridized carbons (Fsp3) is 0.833. The minimum absolute atomic E-state index is 0.0524. The van der Waals surface area contributed by atoms with Gasteiger partial charge in [0.05, 0.1) is 18.4 Å². The Morgan fingerprint density at radius 2 is 1.65 bits per heavy atom. The zero-order valence-corrected chi connectivity index (χ0v) is 10.5. The lowest BCUT2D eigenvalue weighted by atomic mass is 10.00. The van der Waals surface area contributed by atoms with E-state index in [4.69, 9.17) is 9.47 Å². The zero-order valence-electron chi connectivity index (χ0n) is 10.5. The molecule has 0 aromatic heterocycles. The molecule has 2 atom stereocenters. The second-order valence-electron chi connectivity index (χ2n) is 4.98. The van der Waals surface area contributed by atoms with Crippen molar-refractivity contribution in [3.8, 4) is 0 Å². The average Bonchev–Trinajstić information content (AvgIpc) is 2.79. The monoisotopic (exact) mass is 241 g/mol. The molecule has 2 amide bonds. The van der Waals surface area contributed by atoms with E-state index >= 15 is 0 Å². The molecule has 17 heavy (non-hydrogen) atoms. The van der Waals surface area contributed by atoms with Crippen LogP contribution in [0.3, 0.4) is 0 Å². The van der Waals surface area contributed by atoms with Crippen LogP contribution in [0.2, 0.25) is 0 Å². The van der Waals surface area contributed by atoms with Crippen molar-refractivity contribution in [2.75, 3.05) is 20.8 Å². The Morgan fingerprint density at radius 3 is 2.06 bits per heavy atom. The highest BCUT2D eigenvalue weighted by Gasteiger charge is 2.51. The van der Waals surface area contributed by atoms with E-state index in [0.717, 1.165) is 12.8 Å². The molecule has 0 radical (unpaired) electrons. The number of methoxy groups -OCH3 is 2. The summed E-state index contributed by atoms with van der Waals surface area (Å²) in [7, 11) is 3.00. The van der Waals surface area contributed by atoms with Crippen LogP contribution in [0.15, 0.2) is 0 Å². The van der Waals surface area contributed by atoms with E-state index in [1.165, 1.54) is 19.1 Å². The molecule has 0 bridgehead atoms. The Morgan fingerprint density at radius 1 is 1.18 bits per heavy atom. The molecule has 5 nitrogen and oxygen atoms in total. The molecule has 1 saturated carbocycles. The molecular formula is C12H19NO4. The van der Waals surface area contributed by atoms with E-state index < -0.39 is 6.29 Å². The lowest BCUT2D eigenvalue weighted by Gasteiger charge is -2.21. The van der Waals surface area contributed by atoms with Crippen molar-refractivity contribution in [3.63, 3.8) is 0 Å². The molecule has 96 valence electrons. The van der Waals surface area contributed by atoms with Crippen LogP contribution in [0.1, 0.15) is 19.8 Å². The van der Waals surface area contributed by atoms with E-state index in [1.807, 2.05) is 0 Å². The molecule has 2 fully saturated rings. The normalized spacial score (nSPS) is 32.7. The first-order valence-corrected chi connectivity index (χ1v) is 5.99. The average molecular weight is 241 g/mol. The summed E-state index contributed by atoms with van der Waals surface area (Å²) < 4.78 is 10.1. The molecular weight excluding hydrogens is 222 g/mol. The molecule has 2 aliphatic rings. The van der Waals surface area contributed by atoms with Gasteiger partial charge in [-0.1, -0.05) is 6.92 Å². The topological polar surface area (TPSA) is 55.8 Å². The van der Waals surface area contributed by atoms with Gasteiger partial charge < -0.3 is 9.47 Å². The van der Waals surface area contributed by atoms with Gasteiger partial charge in [-0.15, -0.1) is 0 Å². The number of carbonyl (C=O) groups excluding carboxylic acids is 2. The van der Waals surface area contributed by atoms with Gasteiger partial charge in [-0.2, -0.15) is 0 Å². The Kier molecular flexibility index (Phi) is 3.49. The van der Waals surface area contributed by atoms with Crippen LogP contribution in [-0.4, -0.2) is 43.8 Å². The van der Waals surface area contributed by atoms with Crippen LogP contribution < -0.4 is 0 Å². The second-order valence-corrected chi connectivity index (χ2v) is 4.98. The third kappa shape index (κ3) is 2.09. The summed E-state index contributed by atoms with van der Waals surface area (Å²) in [4.78, 5) is 25.5. The Labute approximate surface area is 101 Å². The van der Waals surface area contributed by atoms with Crippen molar-refractivity contribution in [2.24, 2.45) is 17.8 Å². The minimum atomic E-state index is -0.529. The van der Waals surface area contributed by atoms with Gasteiger partial charge in [0.25, 0.3) is 0 Å². The lowest BCUT2D eigenvalue weighted by Crippen LogP contribution is -2.39. The third-order valence-electron chi connectivity index (χ3n) is 3.82. The highest BCUT2D eigenvalue weighted by molar-refractivity contribution is 6.05. The summed E-state index contributed by atoms with van der Waals surface area (Å²) >= 11 is 0. The van der Waals surface area contributed by atoms with Crippen molar-refractivity contribution >= 4 is 11.8 Å². The molecule has 2 unspecified atom stereocenters. The maximum atomic E-state index is 12.1. The van der Waals surface area contributed by atoms with Crippen LogP contribution in [0.25, 0.3) is 0 Å². The number of nitrogens with zero attached hydrogens (tertiary/aromatic N) is 1. The molecule has 0 aromatic rings. The number of hydrogen-bond acceptors (Lipinski definition) is 4. The number of rotatable bonds is 4. The summed E-state index contributed by atoms with van der Waals surface area (Å²) in [5.74, 6) is 0.159. The summed E-state index contributed by atoms with van der Waals surface area (Å²) in [6, 6.07) is 0. The van der Waals surface area contributed by atoms with Crippen LogP contribution in [-0.2, 0) is 19.1 Å². The molecule has 1 aliphatic carbocycles. The van der Waals surface area contributed by atoms with Gasteiger partial charge in [-0.3, -0.25) is 14.5 Å². The standard InChI is InChI=1S/C12H19NO4/c1-7-4-8-9(5-7)12(15)13(11(8)14)6-10(16-2)17-3/h7-10H,4-6H2,1-3H3. The van der Waals surface area contributed by atoms with Crippen molar-refractivity contribution in [3.05, 3.63) is 0 Å². The SMILES string of the molecule is COC(CN1C(=O)C2CC(C)CC2C1=O)OC. The maximum Gasteiger partial charge on any atom is 0.233 e. The number of likely N-dealkylation sites (tertiary alicyclic amines) is 1. The van der Waals surface area contributed by atoms with Gasteiger partial charge in [0.2, 0.25) is 11.8 Å². The van der Waals surface area contributed by atoms with Crippen molar-refractivity contribution in [1.82, 2.24) is 4.90 Å². The van der Waals surface area contributed by atoms with Crippen molar-refractivity contribution < 1.29 is 19.1 Å². The van der Waals surface area contributed by atoms with Gasteiger partial charge in [0.15, 0.2) is 6.29 Å². The van der Waals surface area contributed by atoms with Crippen LogP contribution in [0.5, 0.6) is 0 Å². The Balaban J connectivity index is 2.07. The smallest absolute Gasteiger partial charge is 0.233 e. The predicted molar refractivity (Wildman–Crippen MR) is 59.9 cm³/mol. The number of ether oxygens (including phenoxy) is 2. The number of hydrogen-bond donors (Lipinski definition) is 0. The second kappa shape index (κ2) is 4.74. The molecule has 2 rings (SSSR count). The first kappa shape index (κ1) is 12.5. The number of carbonyl (C=O) groups is 2. The molecule has 0 spiro atoms. The van der Waals surface area contributed by atoms with Gasteiger partial charge in [-0.25, -0.2) is 0 Å². The first-order valence-electron chi connectivity index (χ1n) is 5.99. The quantitative estimate of drug-likeness (QED) is 0.535. The summed E-state index contributed by atoms with van der Waals surface area (Å²) in [5, 5.41) is 0. The highest BCUT2D eigenvalue weighted by Crippen LogP contribution is 2.42. The zero-order chi connectivity index (χ0) is 12.6. The van der Waals surface area contributed by atoms with Crippen molar-refractivity contribution in [2.45, 2.75) is 26.1 Å². The lowest BCUT2D eigenvalue weighted by molar-refractivity contribution is -0.153. The molecule has 1 heterocycles. The van der Waals surface area contributed by atoms with E-state index in [0.29, 0.717) is 5.92 Å². The number of imide groups is 1. The Bertz CT molecular complexity index is 302. The van der Waals surface area contributed by atoms with E-state index in [2.05, 4.69) is 6.92 Å². The van der Waals surface area contributed by atoms with Crippen LogP contribution in [0, 0.1) is 17.8 Å².